The largest absolute Gasteiger partial charge is 0.496 e. The fraction of sp³-hybridized carbons (Fsp3) is 0.500. The van der Waals surface area contributed by atoms with Crippen molar-refractivity contribution < 1.29 is 9.53 Å². The van der Waals surface area contributed by atoms with Crippen LogP contribution in [-0.2, 0) is 0 Å². The van der Waals surface area contributed by atoms with E-state index in [9.17, 15) is 4.79 Å². The van der Waals surface area contributed by atoms with Crippen molar-refractivity contribution in [3.8, 4) is 5.75 Å². The first-order chi connectivity index (χ1) is 9.02. The Hall–Kier alpha value is -1.07. The molecule has 1 saturated heterocycles. The second-order valence-corrected chi connectivity index (χ2v) is 5.81. The standard InChI is InChI=1S/C14H19BrN2O2/c1-10-8-11(15)9-12(13(10)19-3)14(18)17-6-4-16(2)5-7-17/h8-9H,4-7H2,1-3H3. The third-order valence-corrected chi connectivity index (χ3v) is 3.92. The maximum Gasteiger partial charge on any atom is 0.257 e. The molecule has 2 rings (SSSR count). The number of likely N-dealkylation sites (N-methyl/N-ethyl adjacent to an activating group) is 1. The third kappa shape index (κ3) is 3.09. The average Bonchev–Trinajstić information content (AvgIpc) is 2.38. The summed E-state index contributed by atoms with van der Waals surface area (Å²) in [6.07, 6.45) is 0. The van der Waals surface area contributed by atoms with Crippen molar-refractivity contribution in [1.82, 2.24) is 9.80 Å². The second kappa shape index (κ2) is 5.92. The zero-order chi connectivity index (χ0) is 14.0. The zero-order valence-corrected chi connectivity index (χ0v) is 13.2. The number of amides is 1. The summed E-state index contributed by atoms with van der Waals surface area (Å²) in [6, 6.07) is 3.80. The second-order valence-electron chi connectivity index (χ2n) is 4.90. The molecule has 104 valence electrons. The van der Waals surface area contributed by atoms with Crippen molar-refractivity contribution in [2.24, 2.45) is 0 Å². The van der Waals surface area contributed by atoms with Crippen LogP contribution < -0.4 is 4.74 Å². The Bertz CT molecular complexity index is 483. The van der Waals surface area contributed by atoms with E-state index < -0.39 is 0 Å². The van der Waals surface area contributed by atoms with Gasteiger partial charge >= 0.3 is 0 Å². The molecule has 0 saturated carbocycles. The molecule has 1 aliphatic rings. The van der Waals surface area contributed by atoms with Gasteiger partial charge in [0.15, 0.2) is 0 Å². The number of halogens is 1. The molecule has 1 aliphatic heterocycles. The quantitative estimate of drug-likeness (QED) is 0.834. The van der Waals surface area contributed by atoms with Gasteiger partial charge in [-0.25, -0.2) is 0 Å². The first kappa shape index (κ1) is 14.3. The smallest absolute Gasteiger partial charge is 0.257 e. The van der Waals surface area contributed by atoms with E-state index in [1.807, 2.05) is 24.0 Å². The van der Waals surface area contributed by atoms with Crippen molar-refractivity contribution >= 4 is 21.8 Å². The van der Waals surface area contributed by atoms with Crippen LogP contribution in [0, 0.1) is 6.92 Å². The lowest BCUT2D eigenvalue weighted by atomic mass is 10.1. The lowest BCUT2D eigenvalue weighted by Crippen LogP contribution is -2.47. The molecule has 1 fully saturated rings. The highest BCUT2D eigenvalue weighted by molar-refractivity contribution is 9.10. The number of hydrogen-bond acceptors (Lipinski definition) is 3. The number of piperazine rings is 1. The van der Waals surface area contributed by atoms with Crippen LogP contribution in [0.4, 0.5) is 0 Å². The van der Waals surface area contributed by atoms with Gasteiger partial charge in [0.1, 0.15) is 5.75 Å². The molecular formula is C14H19BrN2O2. The van der Waals surface area contributed by atoms with Crippen LogP contribution in [0.3, 0.4) is 0 Å². The molecule has 1 amide bonds. The fourth-order valence-electron chi connectivity index (χ4n) is 2.34. The van der Waals surface area contributed by atoms with Crippen molar-refractivity contribution in [1.29, 1.82) is 0 Å². The number of aryl methyl sites for hydroxylation is 1. The Morgan fingerprint density at radius 1 is 1.26 bits per heavy atom. The number of carbonyl (C=O) groups is 1. The Kier molecular flexibility index (Phi) is 4.47. The molecule has 0 atom stereocenters. The maximum absolute atomic E-state index is 12.6. The average molecular weight is 327 g/mol. The van der Waals surface area contributed by atoms with E-state index in [-0.39, 0.29) is 5.91 Å². The molecule has 0 aliphatic carbocycles. The van der Waals surface area contributed by atoms with Crippen LogP contribution in [0.1, 0.15) is 15.9 Å². The van der Waals surface area contributed by atoms with Crippen LogP contribution in [0.25, 0.3) is 0 Å². The van der Waals surface area contributed by atoms with Crippen LogP contribution >= 0.6 is 15.9 Å². The predicted molar refractivity (Wildman–Crippen MR) is 78.8 cm³/mol. The summed E-state index contributed by atoms with van der Waals surface area (Å²) in [6.45, 7) is 5.32. The summed E-state index contributed by atoms with van der Waals surface area (Å²) < 4.78 is 6.29. The molecule has 4 nitrogen and oxygen atoms in total. The highest BCUT2D eigenvalue weighted by atomic mass is 79.9. The van der Waals surface area contributed by atoms with E-state index in [4.69, 9.17) is 4.74 Å². The van der Waals surface area contributed by atoms with Gasteiger partial charge in [-0.3, -0.25) is 4.79 Å². The van der Waals surface area contributed by atoms with Gasteiger partial charge in [-0.15, -0.1) is 0 Å². The predicted octanol–water partition coefficient (Wildman–Crippen LogP) is 2.15. The number of nitrogens with zero attached hydrogens (tertiary/aromatic N) is 2. The summed E-state index contributed by atoms with van der Waals surface area (Å²) in [7, 11) is 3.68. The van der Waals surface area contributed by atoms with E-state index in [0.29, 0.717) is 11.3 Å². The number of carbonyl (C=O) groups excluding carboxylic acids is 1. The van der Waals surface area contributed by atoms with Gasteiger partial charge in [0.05, 0.1) is 12.7 Å². The number of rotatable bonds is 2. The molecule has 19 heavy (non-hydrogen) atoms. The van der Waals surface area contributed by atoms with Gasteiger partial charge in [-0.05, 0) is 31.7 Å². The Balaban J connectivity index is 2.28. The van der Waals surface area contributed by atoms with E-state index in [0.717, 1.165) is 36.2 Å². The fourth-order valence-corrected chi connectivity index (χ4v) is 2.91. The monoisotopic (exact) mass is 326 g/mol. The normalized spacial score (nSPS) is 16.5. The zero-order valence-electron chi connectivity index (χ0n) is 11.6. The van der Waals surface area contributed by atoms with Crippen LogP contribution in [0.2, 0.25) is 0 Å². The summed E-state index contributed by atoms with van der Waals surface area (Å²) in [5.41, 5.74) is 1.60. The molecule has 0 spiro atoms. The van der Waals surface area contributed by atoms with Gasteiger partial charge in [-0.2, -0.15) is 0 Å². The molecule has 0 radical (unpaired) electrons. The Labute approximate surface area is 122 Å². The lowest BCUT2D eigenvalue weighted by Gasteiger charge is -2.32. The van der Waals surface area contributed by atoms with Crippen molar-refractivity contribution in [2.75, 3.05) is 40.3 Å². The molecular weight excluding hydrogens is 308 g/mol. The maximum atomic E-state index is 12.6. The van der Waals surface area contributed by atoms with Gasteiger partial charge in [-0.1, -0.05) is 15.9 Å². The Morgan fingerprint density at radius 3 is 2.47 bits per heavy atom. The summed E-state index contributed by atoms with van der Waals surface area (Å²) >= 11 is 3.44. The summed E-state index contributed by atoms with van der Waals surface area (Å²) in [5.74, 6) is 0.724. The van der Waals surface area contributed by atoms with E-state index in [1.54, 1.807) is 7.11 Å². The minimum absolute atomic E-state index is 0.0503. The number of methoxy groups -OCH3 is 1. The minimum Gasteiger partial charge on any atom is -0.496 e. The summed E-state index contributed by atoms with van der Waals surface area (Å²) in [5, 5.41) is 0. The van der Waals surface area contributed by atoms with Crippen LogP contribution in [0.5, 0.6) is 5.75 Å². The Morgan fingerprint density at radius 2 is 1.89 bits per heavy atom. The molecule has 1 heterocycles. The van der Waals surface area contributed by atoms with Crippen LogP contribution in [0.15, 0.2) is 16.6 Å². The first-order valence-electron chi connectivity index (χ1n) is 6.35. The molecule has 0 N–H and O–H groups in total. The van der Waals surface area contributed by atoms with Crippen molar-refractivity contribution in [3.05, 3.63) is 27.7 Å². The third-order valence-electron chi connectivity index (χ3n) is 3.46. The molecule has 0 aromatic heterocycles. The van der Waals surface area contributed by atoms with Crippen LogP contribution in [-0.4, -0.2) is 56.0 Å². The topological polar surface area (TPSA) is 32.8 Å². The minimum atomic E-state index is 0.0503. The SMILES string of the molecule is COc1c(C)cc(Br)cc1C(=O)N1CCN(C)CC1. The number of hydrogen-bond donors (Lipinski definition) is 0. The van der Waals surface area contributed by atoms with Crippen molar-refractivity contribution in [3.63, 3.8) is 0 Å². The molecule has 1 aromatic carbocycles. The molecule has 0 unspecified atom stereocenters. The van der Waals surface area contributed by atoms with Gasteiger partial charge in [0.2, 0.25) is 0 Å². The van der Waals surface area contributed by atoms with E-state index in [2.05, 4.69) is 27.9 Å². The molecule has 1 aromatic rings. The van der Waals surface area contributed by atoms with Gasteiger partial charge in [0.25, 0.3) is 5.91 Å². The highest BCUT2D eigenvalue weighted by Gasteiger charge is 2.24. The lowest BCUT2D eigenvalue weighted by molar-refractivity contribution is 0.0660. The van der Waals surface area contributed by atoms with E-state index in [1.165, 1.54) is 0 Å². The van der Waals surface area contributed by atoms with Crippen molar-refractivity contribution in [2.45, 2.75) is 6.92 Å². The van der Waals surface area contributed by atoms with E-state index >= 15 is 0 Å². The molecule has 0 bridgehead atoms. The number of ether oxygens (including phenoxy) is 1. The first-order valence-corrected chi connectivity index (χ1v) is 7.14. The summed E-state index contributed by atoms with van der Waals surface area (Å²) in [4.78, 5) is 16.7. The molecule has 5 heteroatoms. The van der Waals surface area contributed by atoms with Gasteiger partial charge < -0.3 is 14.5 Å². The number of benzene rings is 1. The van der Waals surface area contributed by atoms with Gasteiger partial charge in [0, 0.05) is 30.7 Å². The highest BCUT2D eigenvalue weighted by Crippen LogP contribution is 2.29.